The molecule has 1 aromatic rings. The Kier molecular flexibility index (Phi) is 6.07. The molecule has 0 aliphatic heterocycles. The van der Waals surface area contributed by atoms with Crippen molar-refractivity contribution in [2.24, 2.45) is 0 Å². The summed E-state index contributed by atoms with van der Waals surface area (Å²) in [5.74, 6) is 0. The van der Waals surface area contributed by atoms with E-state index in [1.54, 1.807) is 7.11 Å². The zero-order chi connectivity index (χ0) is 11.8. The van der Waals surface area contributed by atoms with Crippen molar-refractivity contribution < 1.29 is 9.16 Å². The molecule has 3 heteroatoms. The topological polar surface area (TPSA) is 18.5 Å². The predicted molar refractivity (Wildman–Crippen MR) is 70.8 cm³/mol. The Morgan fingerprint density at radius 1 is 1.44 bits per heavy atom. The third-order valence-corrected chi connectivity index (χ3v) is 4.73. The summed E-state index contributed by atoms with van der Waals surface area (Å²) in [6.07, 6.45) is 2.64. The van der Waals surface area contributed by atoms with Crippen LogP contribution < -0.4 is 0 Å². The first-order valence-electron chi connectivity index (χ1n) is 5.62. The first-order chi connectivity index (χ1) is 7.80. The standard InChI is InChI=1S/C13H20O2Si/c1-4-12-7-6-8-13(9-12)10-15-16(5-2)11-14-3/h4,6-9,16H,1,5,10-11H2,2-3H3. The van der Waals surface area contributed by atoms with Gasteiger partial charge in [-0.1, -0.05) is 37.8 Å². The van der Waals surface area contributed by atoms with Gasteiger partial charge < -0.3 is 9.16 Å². The van der Waals surface area contributed by atoms with E-state index in [0.717, 1.165) is 17.8 Å². The lowest BCUT2D eigenvalue weighted by molar-refractivity contribution is 0.213. The molecule has 0 saturated carbocycles. The number of methoxy groups -OCH3 is 1. The van der Waals surface area contributed by atoms with Gasteiger partial charge in [-0.3, -0.25) is 0 Å². The molecule has 1 rings (SSSR count). The van der Waals surface area contributed by atoms with Crippen molar-refractivity contribution in [2.45, 2.75) is 19.6 Å². The van der Waals surface area contributed by atoms with Gasteiger partial charge in [-0.2, -0.15) is 0 Å². The molecule has 0 fully saturated rings. The van der Waals surface area contributed by atoms with Crippen LogP contribution in [-0.4, -0.2) is 22.4 Å². The molecule has 1 aromatic carbocycles. The van der Waals surface area contributed by atoms with E-state index in [4.69, 9.17) is 9.16 Å². The van der Waals surface area contributed by atoms with Crippen LogP contribution in [0.5, 0.6) is 0 Å². The van der Waals surface area contributed by atoms with Crippen molar-refractivity contribution >= 4 is 15.1 Å². The first kappa shape index (κ1) is 13.2. The monoisotopic (exact) mass is 236 g/mol. The van der Waals surface area contributed by atoms with E-state index in [9.17, 15) is 0 Å². The molecule has 0 N–H and O–H groups in total. The maximum atomic E-state index is 5.90. The van der Waals surface area contributed by atoms with Crippen LogP contribution in [0.25, 0.3) is 6.08 Å². The van der Waals surface area contributed by atoms with Gasteiger partial charge in [0.2, 0.25) is 9.04 Å². The first-order valence-corrected chi connectivity index (χ1v) is 7.72. The van der Waals surface area contributed by atoms with E-state index in [1.165, 1.54) is 5.56 Å². The molecular formula is C13H20O2Si. The lowest BCUT2D eigenvalue weighted by Crippen LogP contribution is -2.23. The summed E-state index contributed by atoms with van der Waals surface area (Å²) >= 11 is 0. The van der Waals surface area contributed by atoms with Crippen LogP contribution in [0.4, 0.5) is 0 Å². The van der Waals surface area contributed by atoms with Gasteiger partial charge in [-0.05, 0) is 23.2 Å². The van der Waals surface area contributed by atoms with Crippen LogP contribution in [0, 0.1) is 0 Å². The fraction of sp³-hybridized carbons (Fsp3) is 0.385. The summed E-state index contributed by atoms with van der Waals surface area (Å²) in [7, 11) is 0.578. The number of hydrogen-bond acceptors (Lipinski definition) is 2. The van der Waals surface area contributed by atoms with Crippen LogP contribution in [0.3, 0.4) is 0 Å². The SMILES string of the molecule is C=Cc1cccc(CO[SiH](CC)COC)c1. The highest BCUT2D eigenvalue weighted by Crippen LogP contribution is 2.09. The molecule has 0 bridgehead atoms. The van der Waals surface area contributed by atoms with Gasteiger partial charge >= 0.3 is 0 Å². The van der Waals surface area contributed by atoms with Crippen LogP contribution in [-0.2, 0) is 15.8 Å². The van der Waals surface area contributed by atoms with Crippen molar-refractivity contribution in [1.29, 1.82) is 0 Å². The van der Waals surface area contributed by atoms with Crippen LogP contribution in [0.1, 0.15) is 18.1 Å². The highest BCUT2D eigenvalue weighted by Gasteiger charge is 2.08. The summed E-state index contributed by atoms with van der Waals surface area (Å²) in [6.45, 7) is 6.61. The van der Waals surface area contributed by atoms with Gasteiger partial charge in [0.25, 0.3) is 0 Å². The third kappa shape index (κ3) is 4.31. The zero-order valence-corrected chi connectivity index (χ0v) is 11.3. The van der Waals surface area contributed by atoms with Crippen molar-refractivity contribution in [3.63, 3.8) is 0 Å². The molecule has 0 aromatic heterocycles. The van der Waals surface area contributed by atoms with Gasteiger partial charge in [-0.25, -0.2) is 0 Å². The lowest BCUT2D eigenvalue weighted by Gasteiger charge is -2.13. The van der Waals surface area contributed by atoms with E-state index >= 15 is 0 Å². The number of ether oxygens (including phenoxy) is 1. The molecule has 0 aliphatic carbocycles. The second-order valence-electron chi connectivity index (χ2n) is 3.75. The summed E-state index contributed by atoms with van der Waals surface area (Å²) in [4.78, 5) is 0. The Morgan fingerprint density at radius 2 is 2.25 bits per heavy atom. The Labute approximate surface area is 99.6 Å². The van der Waals surface area contributed by atoms with Crippen molar-refractivity contribution in [3.05, 3.63) is 42.0 Å². The molecule has 0 aliphatic rings. The quantitative estimate of drug-likeness (QED) is 0.678. The average Bonchev–Trinajstić information content (AvgIpc) is 2.34. The summed E-state index contributed by atoms with van der Waals surface area (Å²) in [5, 5.41) is 0. The Hall–Kier alpha value is -0.903. The van der Waals surface area contributed by atoms with Crippen LogP contribution >= 0.6 is 0 Å². The van der Waals surface area contributed by atoms with Gasteiger partial charge in [0.15, 0.2) is 0 Å². The van der Waals surface area contributed by atoms with Crippen molar-refractivity contribution in [3.8, 4) is 0 Å². The van der Waals surface area contributed by atoms with Gasteiger partial charge in [0, 0.05) is 7.11 Å². The molecule has 0 heterocycles. The fourth-order valence-corrected chi connectivity index (χ4v) is 2.86. The largest absolute Gasteiger partial charge is 0.413 e. The molecule has 0 amide bonds. The second kappa shape index (κ2) is 7.38. The highest BCUT2D eigenvalue weighted by molar-refractivity contribution is 6.51. The minimum Gasteiger partial charge on any atom is -0.413 e. The Balaban J connectivity index is 2.49. The van der Waals surface area contributed by atoms with Crippen molar-refractivity contribution in [1.82, 2.24) is 0 Å². The normalized spacial score (nSPS) is 12.4. The summed E-state index contributed by atoms with van der Waals surface area (Å²) in [6, 6.07) is 9.38. The molecule has 88 valence electrons. The van der Waals surface area contributed by atoms with E-state index in [1.807, 2.05) is 18.2 Å². The predicted octanol–water partition coefficient (Wildman–Crippen LogP) is 2.78. The maximum Gasteiger partial charge on any atom is 0.202 e. The summed E-state index contributed by atoms with van der Waals surface area (Å²) < 4.78 is 11.0. The number of hydrogen-bond donors (Lipinski definition) is 0. The number of benzene rings is 1. The molecule has 16 heavy (non-hydrogen) atoms. The minimum atomic E-state index is -1.16. The molecule has 2 nitrogen and oxygen atoms in total. The fourth-order valence-electron chi connectivity index (χ4n) is 1.49. The zero-order valence-electron chi connectivity index (χ0n) is 10.1. The smallest absolute Gasteiger partial charge is 0.202 e. The molecule has 1 unspecified atom stereocenters. The van der Waals surface area contributed by atoms with Crippen LogP contribution in [0.15, 0.2) is 30.8 Å². The summed E-state index contributed by atoms with van der Waals surface area (Å²) in [5.41, 5.74) is 2.35. The minimum absolute atomic E-state index is 0.690. The molecule has 0 radical (unpaired) electrons. The van der Waals surface area contributed by atoms with Crippen molar-refractivity contribution in [2.75, 3.05) is 13.3 Å². The van der Waals surface area contributed by atoms with E-state index in [2.05, 4.69) is 25.6 Å². The maximum absolute atomic E-state index is 5.90. The van der Waals surface area contributed by atoms with E-state index in [0.29, 0.717) is 6.61 Å². The molecule has 1 atom stereocenters. The Morgan fingerprint density at radius 3 is 2.88 bits per heavy atom. The molecule has 0 saturated heterocycles. The second-order valence-corrected chi connectivity index (χ2v) is 6.47. The van der Waals surface area contributed by atoms with E-state index in [-0.39, 0.29) is 0 Å². The van der Waals surface area contributed by atoms with Gasteiger partial charge in [0.1, 0.15) is 0 Å². The lowest BCUT2D eigenvalue weighted by atomic mass is 10.1. The highest BCUT2D eigenvalue weighted by atomic mass is 28.3. The van der Waals surface area contributed by atoms with Crippen LogP contribution in [0.2, 0.25) is 6.04 Å². The molecular weight excluding hydrogens is 216 g/mol. The Bertz CT molecular complexity index is 325. The van der Waals surface area contributed by atoms with Gasteiger partial charge in [-0.15, -0.1) is 0 Å². The molecule has 0 spiro atoms. The average molecular weight is 236 g/mol. The van der Waals surface area contributed by atoms with E-state index < -0.39 is 9.04 Å². The third-order valence-electron chi connectivity index (χ3n) is 2.48. The number of rotatable bonds is 7. The van der Waals surface area contributed by atoms with Gasteiger partial charge in [0.05, 0.1) is 12.8 Å².